The van der Waals surface area contributed by atoms with Crippen LogP contribution in [0.2, 0.25) is 0 Å². The third-order valence-electron chi connectivity index (χ3n) is 3.08. The van der Waals surface area contributed by atoms with Crippen molar-refractivity contribution in [1.29, 1.82) is 0 Å². The van der Waals surface area contributed by atoms with E-state index in [1.807, 2.05) is 24.3 Å². The molecule has 2 aromatic rings. The summed E-state index contributed by atoms with van der Waals surface area (Å²) in [6, 6.07) is 1.55. The molecule has 0 unspecified atom stereocenters. The van der Waals surface area contributed by atoms with Crippen molar-refractivity contribution in [3.63, 3.8) is 0 Å². The molecule has 2 aromatic heterocycles. The molecule has 0 spiro atoms. The maximum atomic E-state index is 13.4. The lowest BCUT2D eigenvalue weighted by molar-refractivity contribution is 0.610. The number of halogens is 1. The molecule has 0 aromatic carbocycles. The summed E-state index contributed by atoms with van der Waals surface area (Å²) in [6.07, 6.45) is 2.31. The lowest BCUT2D eigenvalue weighted by atomic mass is 10.2. The van der Waals surface area contributed by atoms with Gasteiger partial charge in [0, 0.05) is 24.5 Å². The summed E-state index contributed by atoms with van der Waals surface area (Å²) in [4.78, 5) is 10.7. The first kappa shape index (κ1) is 15.9. The highest BCUT2D eigenvalue weighted by Crippen LogP contribution is 2.20. The Kier molecular flexibility index (Phi) is 5.64. The number of hydrogen-bond acceptors (Lipinski definition) is 5. The average Bonchev–Trinajstić information content (AvgIpc) is 2.84. The second kappa shape index (κ2) is 7.47. The molecule has 0 aliphatic heterocycles. The Morgan fingerprint density at radius 2 is 2.24 bits per heavy atom. The third kappa shape index (κ3) is 4.47. The maximum absolute atomic E-state index is 13.4. The standard InChI is InChI=1S/C15H21FN4S/c1-4-5-17-7-12-6-13(16)8-18-15(12)20(3)9-14-10-21-11(2)19-14/h6,8,10,17H,4-5,7,9H2,1-3H3. The van der Waals surface area contributed by atoms with E-state index in [1.54, 1.807) is 17.4 Å². The Morgan fingerprint density at radius 1 is 1.43 bits per heavy atom. The zero-order valence-corrected chi connectivity index (χ0v) is 13.5. The van der Waals surface area contributed by atoms with E-state index < -0.39 is 0 Å². The van der Waals surface area contributed by atoms with E-state index in [9.17, 15) is 4.39 Å². The summed E-state index contributed by atoms with van der Waals surface area (Å²) in [7, 11) is 1.96. The van der Waals surface area contributed by atoms with E-state index in [-0.39, 0.29) is 5.82 Å². The monoisotopic (exact) mass is 308 g/mol. The number of anilines is 1. The molecular formula is C15H21FN4S. The average molecular weight is 308 g/mol. The van der Waals surface area contributed by atoms with Crippen LogP contribution in [-0.4, -0.2) is 23.6 Å². The molecule has 0 saturated carbocycles. The predicted molar refractivity (Wildman–Crippen MR) is 85.2 cm³/mol. The molecule has 1 N–H and O–H groups in total. The van der Waals surface area contributed by atoms with Crippen molar-refractivity contribution < 1.29 is 4.39 Å². The van der Waals surface area contributed by atoms with Gasteiger partial charge in [0.15, 0.2) is 0 Å². The summed E-state index contributed by atoms with van der Waals surface area (Å²) < 4.78 is 13.4. The quantitative estimate of drug-likeness (QED) is 0.798. The second-order valence-corrected chi connectivity index (χ2v) is 6.09. The van der Waals surface area contributed by atoms with E-state index in [4.69, 9.17) is 0 Å². The van der Waals surface area contributed by atoms with Gasteiger partial charge in [-0.1, -0.05) is 6.92 Å². The zero-order chi connectivity index (χ0) is 15.2. The smallest absolute Gasteiger partial charge is 0.141 e. The molecule has 6 heteroatoms. The summed E-state index contributed by atoms with van der Waals surface area (Å²) in [6.45, 7) is 6.29. The van der Waals surface area contributed by atoms with Gasteiger partial charge >= 0.3 is 0 Å². The van der Waals surface area contributed by atoms with Gasteiger partial charge < -0.3 is 10.2 Å². The van der Waals surface area contributed by atoms with Crippen LogP contribution in [0.5, 0.6) is 0 Å². The summed E-state index contributed by atoms with van der Waals surface area (Å²) >= 11 is 1.63. The molecule has 0 radical (unpaired) electrons. The molecule has 0 fully saturated rings. The lowest BCUT2D eigenvalue weighted by Crippen LogP contribution is -2.22. The fraction of sp³-hybridized carbons (Fsp3) is 0.467. The van der Waals surface area contributed by atoms with Crippen LogP contribution in [-0.2, 0) is 13.1 Å². The molecule has 0 saturated heterocycles. The molecule has 21 heavy (non-hydrogen) atoms. The zero-order valence-electron chi connectivity index (χ0n) is 12.7. The number of pyridine rings is 1. The van der Waals surface area contributed by atoms with E-state index >= 15 is 0 Å². The first-order valence-corrected chi connectivity index (χ1v) is 7.95. The van der Waals surface area contributed by atoms with Crippen molar-refractivity contribution in [3.05, 3.63) is 39.7 Å². The molecule has 0 aliphatic carbocycles. The van der Waals surface area contributed by atoms with Crippen LogP contribution >= 0.6 is 11.3 Å². The van der Waals surface area contributed by atoms with Crippen LogP contribution in [0, 0.1) is 12.7 Å². The number of thiazole rings is 1. The van der Waals surface area contributed by atoms with Crippen molar-refractivity contribution in [3.8, 4) is 0 Å². The Hall–Kier alpha value is -1.53. The summed E-state index contributed by atoms with van der Waals surface area (Å²) in [5.41, 5.74) is 1.89. The minimum atomic E-state index is -0.301. The molecule has 2 heterocycles. The van der Waals surface area contributed by atoms with Crippen LogP contribution < -0.4 is 10.2 Å². The molecule has 4 nitrogen and oxygen atoms in total. The largest absolute Gasteiger partial charge is 0.353 e. The number of aromatic nitrogens is 2. The van der Waals surface area contributed by atoms with Crippen molar-refractivity contribution in [2.45, 2.75) is 33.4 Å². The topological polar surface area (TPSA) is 41.1 Å². The number of hydrogen-bond donors (Lipinski definition) is 1. The highest BCUT2D eigenvalue weighted by Gasteiger charge is 2.12. The minimum Gasteiger partial charge on any atom is -0.353 e. The van der Waals surface area contributed by atoms with Gasteiger partial charge in [-0.15, -0.1) is 11.3 Å². The van der Waals surface area contributed by atoms with Crippen molar-refractivity contribution >= 4 is 17.2 Å². The van der Waals surface area contributed by atoms with Gasteiger partial charge in [-0.3, -0.25) is 0 Å². The lowest BCUT2D eigenvalue weighted by Gasteiger charge is -2.20. The van der Waals surface area contributed by atoms with E-state index in [0.717, 1.165) is 35.0 Å². The van der Waals surface area contributed by atoms with Gasteiger partial charge in [0.25, 0.3) is 0 Å². The van der Waals surface area contributed by atoms with Crippen LogP contribution in [0.15, 0.2) is 17.6 Å². The van der Waals surface area contributed by atoms with E-state index in [2.05, 4.69) is 22.2 Å². The SMILES string of the molecule is CCCNCc1cc(F)cnc1N(C)Cc1csc(C)n1. The van der Waals surface area contributed by atoms with Crippen molar-refractivity contribution in [1.82, 2.24) is 15.3 Å². The van der Waals surface area contributed by atoms with Gasteiger partial charge in [-0.2, -0.15) is 0 Å². The number of nitrogens with one attached hydrogen (secondary N) is 1. The van der Waals surface area contributed by atoms with Gasteiger partial charge in [0.05, 0.1) is 23.4 Å². The van der Waals surface area contributed by atoms with Gasteiger partial charge in [0.1, 0.15) is 11.6 Å². The maximum Gasteiger partial charge on any atom is 0.141 e. The van der Waals surface area contributed by atoms with Crippen molar-refractivity contribution in [2.24, 2.45) is 0 Å². The van der Waals surface area contributed by atoms with Crippen molar-refractivity contribution in [2.75, 3.05) is 18.5 Å². The Balaban J connectivity index is 2.12. The molecular weight excluding hydrogens is 287 g/mol. The van der Waals surface area contributed by atoms with Gasteiger partial charge in [0.2, 0.25) is 0 Å². The molecule has 114 valence electrons. The highest BCUT2D eigenvalue weighted by molar-refractivity contribution is 7.09. The van der Waals surface area contributed by atoms with E-state index in [1.165, 1.54) is 6.20 Å². The third-order valence-corrected chi connectivity index (χ3v) is 3.90. The molecule has 0 aliphatic rings. The Labute approximate surface area is 129 Å². The summed E-state index contributed by atoms with van der Waals surface area (Å²) in [5, 5.41) is 6.39. The van der Waals surface area contributed by atoms with Crippen LogP contribution in [0.4, 0.5) is 10.2 Å². The van der Waals surface area contributed by atoms with Crippen LogP contribution in [0.1, 0.15) is 29.6 Å². The minimum absolute atomic E-state index is 0.301. The second-order valence-electron chi connectivity index (χ2n) is 5.03. The summed E-state index contributed by atoms with van der Waals surface area (Å²) in [5.74, 6) is 0.496. The number of nitrogens with zero attached hydrogens (tertiary/aromatic N) is 3. The van der Waals surface area contributed by atoms with Crippen LogP contribution in [0.3, 0.4) is 0 Å². The van der Waals surface area contributed by atoms with E-state index in [0.29, 0.717) is 13.1 Å². The molecule has 0 atom stereocenters. The number of rotatable bonds is 7. The molecule has 0 bridgehead atoms. The predicted octanol–water partition coefficient (Wildman–Crippen LogP) is 3.12. The first-order chi connectivity index (χ1) is 10.1. The van der Waals surface area contributed by atoms with Gasteiger partial charge in [-0.25, -0.2) is 14.4 Å². The van der Waals surface area contributed by atoms with Gasteiger partial charge in [-0.05, 0) is 26.0 Å². The number of aryl methyl sites for hydroxylation is 1. The molecule has 0 amide bonds. The Morgan fingerprint density at radius 3 is 2.90 bits per heavy atom. The Bertz CT molecular complexity index is 585. The highest BCUT2D eigenvalue weighted by atomic mass is 32.1. The normalized spacial score (nSPS) is 10.9. The van der Waals surface area contributed by atoms with Crippen LogP contribution in [0.25, 0.3) is 0 Å². The fourth-order valence-electron chi connectivity index (χ4n) is 2.15. The molecule has 2 rings (SSSR count). The first-order valence-electron chi connectivity index (χ1n) is 7.07. The fourth-order valence-corrected chi connectivity index (χ4v) is 2.75.